The van der Waals surface area contributed by atoms with E-state index in [1.165, 1.54) is 12.1 Å². The highest BCUT2D eigenvalue weighted by atomic mass is 19.1. The molecule has 5 nitrogen and oxygen atoms in total. The summed E-state index contributed by atoms with van der Waals surface area (Å²) in [5, 5.41) is 11.0. The number of amides is 1. The first-order valence-corrected chi connectivity index (χ1v) is 5.72. The van der Waals surface area contributed by atoms with E-state index < -0.39 is 11.7 Å². The molecule has 0 aliphatic rings. The monoisotopic (exact) mass is 271 g/mol. The zero-order chi connectivity index (χ0) is 14.4. The van der Waals surface area contributed by atoms with Gasteiger partial charge in [0, 0.05) is 5.69 Å². The Kier molecular flexibility index (Phi) is 4.24. The van der Waals surface area contributed by atoms with Crippen molar-refractivity contribution in [2.24, 2.45) is 0 Å². The molecule has 0 aliphatic heterocycles. The number of hydrogen-bond acceptors (Lipinski definition) is 4. The van der Waals surface area contributed by atoms with Gasteiger partial charge in [-0.2, -0.15) is 5.26 Å². The molecule has 1 heterocycles. The van der Waals surface area contributed by atoms with Crippen LogP contribution in [0.2, 0.25) is 0 Å². The summed E-state index contributed by atoms with van der Waals surface area (Å²) >= 11 is 0. The highest BCUT2D eigenvalue weighted by molar-refractivity contribution is 6.02. The predicted octanol–water partition coefficient (Wildman–Crippen LogP) is 2.38. The number of pyridine rings is 1. The summed E-state index contributed by atoms with van der Waals surface area (Å²) in [7, 11) is 0. The number of nitrogens with one attached hydrogen (secondary N) is 1. The quantitative estimate of drug-likeness (QED) is 0.926. The number of aromatic nitrogens is 1. The number of rotatable bonds is 4. The largest absolute Gasteiger partial charge is 0.479 e. The molecular weight excluding hydrogens is 261 g/mol. The number of halogens is 1. The van der Waals surface area contributed by atoms with Gasteiger partial charge in [-0.1, -0.05) is 0 Å². The van der Waals surface area contributed by atoms with Gasteiger partial charge in [-0.05, 0) is 36.4 Å². The highest BCUT2D eigenvalue weighted by Crippen LogP contribution is 2.16. The average molecular weight is 271 g/mol. The summed E-state index contributed by atoms with van der Waals surface area (Å²) in [6.45, 7) is -0.0365. The van der Waals surface area contributed by atoms with Crippen LogP contribution in [0.1, 0.15) is 10.5 Å². The van der Waals surface area contributed by atoms with Crippen LogP contribution in [0.5, 0.6) is 5.75 Å². The zero-order valence-corrected chi connectivity index (χ0v) is 10.3. The molecule has 0 fully saturated rings. The van der Waals surface area contributed by atoms with Crippen LogP contribution in [0.4, 0.5) is 10.1 Å². The Morgan fingerprint density at radius 3 is 2.65 bits per heavy atom. The Bertz CT molecular complexity index is 633. The predicted molar refractivity (Wildman–Crippen MR) is 69.7 cm³/mol. The molecule has 0 saturated carbocycles. The van der Waals surface area contributed by atoms with Gasteiger partial charge in [-0.15, -0.1) is 0 Å². The Hall–Kier alpha value is -2.94. The van der Waals surface area contributed by atoms with Crippen LogP contribution in [-0.4, -0.2) is 17.5 Å². The topological polar surface area (TPSA) is 75.0 Å². The number of ether oxygens (including phenoxy) is 1. The van der Waals surface area contributed by atoms with Crippen LogP contribution in [-0.2, 0) is 0 Å². The molecule has 1 N–H and O–H groups in total. The van der Waals surface area contributed by atoms with Gasteiger partial charge in [0.15, 0.2) is 6.61 Å². The lowest BCUT2D eigenvalue weighted by Gasteiger charge is -2.06. The van der Waals surface area contributed by atoms with Crippen molar-refractivity contribution in [3.05, 3.63) is 54.1 Å². The third-order valence-corrected chi connectivity index (χ3v) is 2.38. The molecule has 1 amide bonds. The molecule has 2 aromatic rings. The van der Waals surface area contributed by atoms with E-state index in [4.69, 9.17) is 10.00 Å². The van der Waals surface area contributed by atoms with Crippen molar-refractivity contribution in [2.75, 3.05) is 11.9 Å². The minimum Gasteiger partial charge on any atom is -0.479 e. The summed E-state index contributed by atoms with van der Waals surface area (Å²) in [4.78, 5) is 15.5. The van der Waals surface area contributed by atoms with Gasteiger partial charge in [-0.3, -0.25) is 4.79 Å². The van der Waals surface area contributed by atoms with Crippen LogP contribution in [0, 0.1) is 17.1 Å². The summed E-state index contributed by atoms with van der Waals surface area (Å²) in [5.74, 6) is -0.402. The number of carbonyl (C=O) groups is 1. The number of nitrogens with zero attached hydrogens (tertiary/aromatic N) is 2. The van der Waals surface area contributed by atoms with Crippen molar-refractivity contribution in [1.29, 1.82) is 5.26 Å². The fourth-order valence-corrected chi connectivity index (χ4v) is 1.46. The second-order valence-corrected chi connectivity index (χ2v) is 3.79. The number of anilines is 1. The van der Waals surface area contributed by atoms with E-state index >= 15 is 0 Å². The van der Waals surface area contributed by atoms with E-state index in [9.17, 15) is 9.18 Å². The van der Waals surface area contributed by atoms with Crippen molar-refractivity contribution >= 4 is 11.6 Å². The minimum absolute atomic E-state index is 0.0365. The van der Waals surface area contributed by atoms with E-state index in [1.807, 2.05) is 6.07 Å². The van der Waals surface area contributed by atoms with Gasteiger partial charge < -0.3 is 10.1 Å². The highest BCUT2D eigenvalue weighted by Gasteiger charge is 2.07. The second kappa shape index (κ2) is 6.29. The fraction of sp³-hybridized carbons (Fsp3) is 0.0714. The molecule has 20 heavy (non-hydrogen) atoms. The third kappa shape index (κ3) is 3.53. The van der Waals surface area contributed by atoms with Gasteiger partial charge in [0.05, 0.1) is 6.20 Å². The smallest absolute Gasteiger partial charge is 0.274 e. The first kappa shape index (κ1) is 13.5. The van der Waals surface area contributed by atoms with Gasteiger partial charge in [-0.25, -0.2) is 9.37 Å². The van der Waals surface area contributed by atoms with E-state index in [0.717, 1.165) is 6.20 Å². The lowest BCUT2D eigenvalue weighted by atomic mass is 10.2. The molecule has 0 radical (unpaired) electrons. The Labute approximate surface area is 114 Å². The van der Waals surface area contributed by atoms with Crippen molar-refractivity contribution in [1.82, 2.24) is 4.98 Å². The first-order valence-electron chi connectivity index (χ1n) is 5.72. The van der Waals surface area contributed by atoms with Crippen LogP contribution >= 0.6 is 0 Å². The van der Waals surface area contributed by atoms with Crippen molar-refractivity contribution < 1.29 is 13.9 Å². The molecule has 0 atom stereocenters. The molecule has 0 spiro atoms. The van der Waals surface area contributed by atoms with Crippen LogP contribution in [0.25, 0.3) is 0 Å². The number of benzene rings is 1. The van der Waals surface area contributed by atoms with E-state index in [1.54, 1.807) is 24.3 Å². The van der Waals surface area contributed by atoms with E-state index in [2.05, 4.69) is 10.3 Å². The molecule has 2 rings (SSSR count). The molecular formula is C14H10FN3O2. The number of hydrogen-bond donors (Lipinski definition) is 1. The first-order chi connectivity index (χ1) is 9.69. The molecule has 1 aromatic heterocycles. The standard InChI is InChI=1S/C14H10FN3O2/c15-10-1-6-13(17-9-10)14(19)18-11-2-4-12(5-3-11)20-8-7-16/h1-6,9H,8H2,(H,18,19). The van der Waals surface area contributed by atoms with Crippen molar-refractivity contribution in [3.63, 3.8) is 0 Å². The summed E-state index contributed by atoms with van der Waals surface area (Å²) in [6.07, 6.45) is 0.980. The third-order valence-electron chi connectivity index (χ3n) is 2.38. The molecule has 0 unspecified atom stereocenters. The number of carbonyl (C=O) groups excluding carboxylic acids is 1. The van der Waals surface area contributed by atoms with Gasteiger partial charge in [0.25, 0.3) is 5.91 Å². The summed E-state index contributed by atoms with van der Waals surface area (Å²) in [6, 6.07) is 10.9. The molecule has 0 bridgehead atoms. The minimum atomic E-state index is -0.499. The van der Waals surface area contributed by atoms with Gasteiger partial charge >= 0.3 is 0 Å². The fourth-order valence-electron chi connectivity index (χ4n) is 1.46. The van der Waals surface area contributed by atoms with Crippen molar-refractivity contribution in [2.45, 2.75) is 0 Å². The summed E-state index contributed by atoms with van der Waals surface area (Å²) < 4.78 is 17.8. The lowest BCUT2D eigenvalue weighted by molar-refractivity contribution is 0.102. The lowest BCUT2D eigenvalue weighted by Crippen LogP contribution is -2.13. The summed E-state index contributed by atoms with van der Waals surface area (Å²) in [5.41, 5.74) is 0.668. The Morgan fingerprint density at radius 2 is 2.05 bits per heavy atom. The van der Waals surface area contributed by atoms with Gasteiger partial charge in [0.2, 0.25) is 0 Å². The normalized spacial score (nSPS) is 9.60. The maximum absolute atomic E-state index is 12.7. The Morgan fingerprint density at radius 1 is 1.30 bits per heavy atom. The van der Waals surface area contributed by atoms with E-state index in [-0.39, 0.29) is 12.3 Å². The molecule has 0 saturated heterocycles. The van der Waals surface area contributed by atoms with Crippen LogP contribution in [0.15, 0.2) is 42.6 Å². The zero-order valence-electron chi connectivity index (χ0n) is 10.3. The average Bonchev–Trinajstić information content (AvgIpc) is 2.47. The maximum Gasteiger partial charge on any atom is 0.274 e. The SMILES string of the molecule is N#CCOc1ccc(NC(=O)c2ccc(F)cn2)cc1. The number of nitriles is 1. The maximum atomic E-state index is 12.7. The van der Waals surface area contributed by atoms with E-state index in [0.29, 0.717) is 11.4 Å². The molecule has 6 heteroatoms. The van der Waals surface area contributed by atoms with Crippen LogP contribution < -0.4 is 10.1 Å². The molecule has 1 aromatic carbocycles. The van der Waals surface area contributed by atoms with Crippen molar-refractivity contribution in [3.8, 4) is 11.8 Å². The molecule has 100 valence electrons. The Balaban J connectivity index is 2.01. The van der Waals surface area contributed by atoms with Gasteiger partial charge in [0.1, 0.15) is 23.3 Å². The second-order valence-electron chi connectivity index (χ2n) is 3.79. The van der Waals surface area contributed by atoms with Crippen LogP contribution in [0.3, 0.4) is 0 Å². The molecule has 0 aliphatic carbocycles.